The predicted octanol–water partition coefficient (Wildman–Crippen LogP) is 0.807. The zero-order valence-electron chi connectivity index (χ0n) is 12.0. The van der Waals surface area contributed by atoms with E-state index in [1.807, 2.05) is 0 Å². The maximum atomic E-state index is 12.3. The summed E-state index contributed by atoms with van der Waals surface area (Å²) in [4.78, 5) is 10.5. The molecular formula is C13H19NO6S. The van der Waals surface area contributed by atoms with E-state index in [-0.39, 0.29) is 4.90 Å². The molecule has 0 aliphatic heterocycles. The first-order valence-electron chi connectivity index (χ1n) is 6.28. The number of rotatable bonds is 9. The third-order valence-corrected chi connectivity index (χ3v) is 4.59. The topological polar surface area (TPSA) is 93.1 Å². The van der Waals surface area contributed by atoms with Crippen molar-refractivity contribution in [1.82, 2.24) is 4.31 Å². The second kappa shape index (κ2) is 7.96. The zero-order chi connectivity index (χ0) is 15.9. The normalized spacial score (nSPS) is 11.6. The molecule has 0 radical (unpaired) electrons. The average Bonchev–Trinajstić information content (AvgIpc) is 2.45. The second-order valence-corrected chi connectivity index (χ2v) is 6.37. The largest absolute Gasteiger partial charge is 0.482 e. The van der Waals surface area contributed by atoms with Crippen molar-refractivity contribution in [2.75, 3.05) is 33.9 Å². The Morgan fingerprint density at radius 1 is 1.29 bits per heavy atom. The molecule has 0 amide bonds. The summed E-state index contributed by atoms with van der Waals surface area (Å²) < 4.78 is 35.6. The smallest absolute Gasteiger partial charge is 0.341 e. The van der Waals surface area contributed by atoms with Crippen LogP contribution in [0.15, 0.2) is 29.2 Å². The number of carbonyl (C=O) groups is 1. The molecule has 0 bridgehead atoms. The summed E-state index contributed by atoms with van der Waals surface area (Å²) in [6.45, 7) is 0.373. The van der Waals surface area contributed by atoms with Gasteiger partial charge in [0, 0.05) is 27.3 Å². The van der Waals surface area contributed by atoms with Crippen molar-refractivity contribution in [3.8, 4) is 5.75 Å². The zero-order valence-corrected chi connectivity index (χ0v) is 12.8. The summed E-state index contributed by atoms with van der Waals surface area (Å²) >= 11 is 0. The number of methoxy groups -OCH3 is 1. The third kappa shape index (κ3) is 5.33. The van der Waals surface area contributed by atoms with E-state index in [4.69, 9.17) is 14.6 Å². The van der Waals surface area contributed by atoms with Gasteiger partial charge in [0.2, 0.25) is 10.0 Å². The Hall–Kier alpha value is -1.64. The Balaban J connectivity index is 2.72. The molecular weight excluding hydrogens is 298 g/mol. The van der Waals surface area contributed by atoms with E-state index in [0.29, 0.717) is 25.3 Å². The molecule has 21 heavy (non-hydrogen) atoms. The quantitative estimate of drug-likeness (QED) is 0.677. The molecule has 0 spiro atoms. The standard InChI is InChI=1S/C13H19NO6S/c1-14(8-3-9-19-2)21(17,18)12-6-4-11(5-7-12)20-10-13(15)16/h4-7H,3,8-10H2,1-2H3,(H,15,16). The van der Waals surface area contributed by atoms with Gasteiger partial charge in [-0.3, -0.25) is 0 Å². The number of ether oxygens (including phenoxy) is 2. The van der Waals surface area contributed by atoms with Gasteiger partial charge in [0.1, 0.15) is 5.75 Å². The van der Waals surface area contributed by atoms with Crippen LogP contribution in [-0.4, -0.2) is 57.7 Å². The number of aliphatic carboxylic acids is 1. The van der Waals surface area contributed by atoms with Gasteiger partial charge in [0.15, 0.2) is 6.61 Å². The van der Waals surface area contributed by atoms with Crippen molar-refractivity contribution >= 4 is 16.0 Å². The molecule has 0 unspecified atom stereocenters. The van der Waals surface area contributed by atoms with Crippen molar-refractivity contribution in [2.45, 2.75) is 11.3 Å². The fourth-order valence-electron chi connectivity index (χ4n) is 1.58. The average molecular weight is 317 g/mol. The van der Waals surface area contributed by atoms with E-state index in [2.05, 4.69) is 0 Å². The van der Waals surface area contributed by atoms with Crippen molar-refractivity contribution < 1.29 is 27.8 Å². The van der Waals surface area contributed by atoms with Gasteiger partial charge < -0.3 is 14.6 Å². The lowest BCUT2D eigenvalue weighted by Gasteiger charge is -2.17. The minimum Gasteiger partial charge on any atom is -0.482 e. The molecule has 1 N–H and O–H groups in total. The minimum absolute atomic E-state index is 0.130. The van der Waals surface area contributed by atoms with Crippen LogP contribution in [0.5, 0.6) is 5.75 Å². The van der Waals surface area contributed by atoms with Crippen molar-refractivity contribution in [1.29, 1.82) is 0 Å². The first-order chi connectivity index (χ1) is 9.87. The van der Waals surface area contributed by atoms with Crippen molar-refractivity contribution in [3.63, 3.8) is 0 Å². The molecule has 0 aliphatic carbocycles. The molecule has 0 aromatic heterocycles. The van der Waals surface area contributed by atoms with Crippen LogP contribution in [0.1, 0.15) is 6.42 Å². The number of sulfonamides is 1. The van der Waals surface area contributed by atoms with Crippen LogP contribution in [0, 0.1) is 0 Å². The van der Waals surface area contributed by atoms with Gasteiger partial charge in [-0.1, -0.05) is 0 Å². The lowest BCUT2D eigenvalue weighted by molar-refractivity contribution is -0.139. The number of carboxylic acids is 1. The molecule has 7 nitrogen and oxygen atoms in total. The summed E-state index contributed by atoms with van der Waals surface area (Å²) in [6.07, 6.45) is 0.603. The highest BCUT2D eigenvalue weighted by atomic mass is 32.2. The Labute approximate surface area is 124 Å². The summed E-state index contributed by atoms with van der Waals surface area (Å²) in [5.41, 5.74) is 0. The van der Waals surface area contributed by atoms with Crippen LogP contribution in [0.2, 0.25) is 0 Å². The fourth-order valence-corrected chi connectivity index (χ4v) is 2.79. The van der Waals surface area contributed by atoms with Crippen LogP contribution in [0.25, 0.3) is 0 Å². The number of benzene rings is 1. The van der Waals surface area contributed by atoms with Crippen LogP contribution in [0.4, 0.5) is 0 Å². The monoisotopic (exact) mass is 317 g/mol. The molecule has 8 heteroatoms. The first kappa shape index (κ1) is 17.4. The number of hydrogen-bond donors (Lipinski definition) is 1. The van der Waals surface area contributed by atoms with Crippen LogP contribution < -0.4 is 4.74 Å². The molecule has 0 aliphatic rings. The van der Waals surface area contributed by atoms with Gasteiger partial charge in [-0.2, -0.15) is 0 Å². The molecule has 0 saturated carbocycles. The fraction of sp³-hybridized carbons (Fsp3) is 0.462. The molecule has 0 heterocycles. The van der Waals surface area contributed by atoms with Gasteiger partial charge in [-0.15, -0.1) is 0 Å². The van der Waals surface area contributed by atoms with Gasteiger partial charge in [0.25, 0.3) is 0 Å². The lowest BCUT2D eigenvalue weighted by Crippen LogP contribution is -2.28. The van der Waals surface area contributed by atoms with E-state index >= 15 is 0 Å². The van der Waals surface area contributed by atoms with Gasteiger partial charge in [0.05, 0.1) is 4.90 Å². The minimum atomic E-state index is -3.56. The van der Waals surface area contributed by atoms with Gasteiger partial charge >= 0.3 is 5.97 Å². The summed E-state index contributed by atoms with van der Waals surface area (Å²) in [6, 6.07) is 5.64. The van der Waals surface area contributed by atoms with Gasteiger partial charge in [-0.05, 0) is 30.7 Å². The van der Waals surface area contributed by atoms with E-state index in [9.17, 15) is 13.2 Å². The van der Waals surface area contributed by atoms with E-state index < -0.39 is 22.6 Å². The summed E-state index contributed by atoms with van der Waals surface area (Å²) in [5, 5.41) is 8.50. The summed E-state index contributed by atoms with van der Waals surface area (Å²) in [5.74, 6) is -0.789. The first-order valence-corrected chi connectivity index (χ1v) is 7.72. The molecule has 0 atom stereocenters. The third-order valence-electron chi connectivity index (χ3n) is 2.72. The number of hydrogen-bond acceptors (Lipinski definition) is 5. The Kier molecular flexibility index (Phi) is 6.60. The summed E-state index contributed by atoms with van der Waals surface area (Å²) in [7, 11) is -0.502. The number of nitrogens with zero attached hydrogens (tertiary/aromatic N) is 1. The Bertz CT molecular complexity index is 555. The van der Waals surface area contributed by atoms with Crippen molar-refractivity contribution in [2.24, 2.45) is 0 Å². The predicted molar refractivity (Wildman–Crippen MR) is 75.9 cm³/mol. The maximum absolute atomic E-state index is 12.3. The SMILES string of the molecule is COCCCN(C)S(=O)(=O)c1ccc(OCC(=O)O)cc1. The molecule has 1 aromatic rings. The highest BCUT2D eigenvalue weighted by Crippen LogP contribution is 2.19. The molecule has 118 valence electrons. The molecule has 1 rings (SSSR count). The Morgan fingerprint density at radius 3 is 2.43 bits per heavy atom. The second-order valence-electron chi connectivity index (χ2n) is 4.33. The number of carboxylic acid groups (broad SMARTS) is 1. The molecule has 0 saturated heterocycles. The highest BCUT2D eigenvalue weighted by Gasteiger charge is 2.20. The molecule has 0 fully saturated rings. The Morgan fingerprint density at radius 2 is 1.90 bits per heavy atom. The van der Waals surface area contributed by atoms with E-state index in [1.54, 1.807) is 7.11 Å². The van der Waals surface area contributed by atoms with Crippen LogP contribution >= 0.6 is 0 Å². The van der Waals surface area contributed by atoms with Crippen LogP contribution in [-0.2, 0) is 19.6 Å². The van der Waals surface area contributed by atoms with Crippen LogP contribution in [0.3, 0.4) is 0 Å². The molecule has 1 aromatic carbocycles. The van der Waals surface area contributed by atoms with Crippen molar-refractivity contribution in [3.05, 3.63) is 24.3 Å². The maximum Gasteiger partial charge on any atom is 0.341 e. The highest BCUT2D eigenvalue weighted by molar-refractivity contribution is 7.89. The lowest BCUT2D eigenvalue weighted by atomic mass is 10.3. The van der Waals surface area contributed by atoms with Gasteiger partial charge in [-0.25, -0.2) is 17.5 Å². The van der Waals surface area contributed by atoms with E-state index in [0.717, 1.165) is 0 Å². The van der Waals surface area contributed by atoms with E-state index in [1.165, 1.54) is 35.6 Å².